The molecular formula is C14H16N2O2. The standard InChI is InChI=1S/C14H16N2O2/c17-11-15-9-5-1-2-6-13-7-3-4-8-14(13)10-16-12-18/h3-4,7-8H,1-2,5-6,9-10H2. The molecule has 0 N–H and O–H groups in total. The van der Waals surface area contributed by atoms with Gasteiger partial charge in [0.25, 0.3) is 0 Å². The van der Waals surface area contributed by atoms with Crippen LogP contribution in [0.2, 0.25) is 0 Å². The minimum atomic E-state index is 0.398. The molecule has 0 aliphatic heterocycles. The van der Waals surface area contributed by atoms with Crippen molar-refractivity contribution in [1.29, 1.82) is 0 Å². The minimum Gasteiger partial charge on any atom is -0.211 e. The molecular weight excluding hydrogens is 228 g/mol. The lowest BCUT2D eigenvalue weighted by Gasteiger charge is -2.06. The summed E-state index contributed by atoms with van der Waals surface area (Å²) < 4.78 is 0. The van der Waals surface area contributed by atoms with Gasteiger partial charge in [0, 0.05) is 0 Å². The molecule has 1 aromatic rings. The maximum Gasteiger partial charge on any atom is 0.235 e. The van der Waals surface area contributed by atoms with Crippen molar-refractivity contribution in [2.24, 2.45) is 9.98 Å². The molecule has 0 saturated carbocycles. The molecule has 0 radical (unpaired) electrons. The summed E-state index contributed by atoms with van der Waals surface area (Å²) >= 11 is 0. The van der Waals surface area contributed by atoms with Gasteiger partial charge in [-0.05, 0) is 30.4 Å². The second-order valence-electron chi connectivity index (χ2n) is 3.96. The third kappa shape index (κ3) is 5.35. The minimum absolute atomic E-state index is 0.398. The van der Waals surface area contributed by atoms with E-state index in [0.717, 1.165) is 31.2 Å². The highest BCUT2D eigenvalue weighted by Crippen LogP contribution is 2.13. The fourth-order valence-corrected chi connectivity index (χ4v) is 1.80. The van der Waals surface area contributed by atoms with Gasteiger partial charge >= 0.3 is 0 Å². The van der Waals surface area contributed by atoms with Crippen molar-refractivity contribution >= 4 is 12.2 Å². The largest absolute Gasteiger partial charge is 0.235 e. The van der Waals surface area contributed by atoms with Gasteiger partial charge in [-0.1, -0.05) is 30.7 Å². The molecule has 0 unspecified atom stereocenters. The molecule has 1 rings (SSSR count). The molecule has 18 heavy (non-hydrogen) atoms. The Labute approximate surface area is 106 Å². The number of benzene rings is 1. The molecule has 0 saturated heterocycles. The molecule has 0 bridgehead atoms. The van der Waals surface area contributed by atoms with Crippen LogP contribution in [0.4, 0.5) is 0 Å². The van der Waals surface area contributed by atoms with E-state index in [2.05, 4.69) is 16.1 Å². The van der Waals surface area contributed by atoms with Crippen molar-refractivity contribution in [3.8, 4) is 0 Å². The van der Waals surface area contributed by atoms with Gasteiger partial charge in [-0.2, -0.15) is 0 Å². The zero-order valence-electron chi connectivity index (χ0n) is 10.3. The second kappa shape index (κ2) is 9.06. The number of isocyanates is 2. The number of nitrogens with zero attached hydrogens (tertiary/aromatic N) is 2. The number of carbonyl (C=O) groups excluding carboxylic acids is 2. The van der Waals surface area contributed by atoms with Crippen molar-refractivity contribution in [2.75, 3.05) is 6.54 Å². The molecule has 0 aliphatic carbocycles. The van der Waals surface area contributed by atoms with Gasteiger partial charge in [-0.25, -0.2) is 19.6 Å². The van der Waals surface area contributed by atoms with Crippen LogP contribution in [0.5, 0.6) is 0 Å². The molecule has 0 aliphatic rings. The lowest BCUT2D eigenvalue weighted by Crippen LogP contribution is -1.94. The van der Waals surface area contributed by atoms with Gasteiger partial charge in [0.1, 0.15) is 0 Å². The van der Waals surface area contributed by atoms with E-state index in [-0.39, 0.29) is 0 Å². The number of hydrogen-bond acceptors (Lipinski definition) is 4. The molecule has 4 heteroatoms. The Morgan fingerprint density at radius 2 is 1.61 bits per heavy atom. The van der Waals surface area contributed by atoms with E-state index < -0.39 is 0 Å². The van der Waals surface area contributed by atoms with Crippen LogP contribution in [-0.4, -0.2) is 18.7 Å². The first kappa shape index (κ1) is 14.0. The highest BCUT2D eigenvalue weighted by molar-refractivity contribution is 5.35. The van der Waals surface area contributed by atoms with Crippen molar-refractivity contribution in [3.63, 3.8) is 0 Å². The van der Waals surface area contributed by atoms with Gasteiger partial charge in [-0.15, -0.1) is 0 Å². The van der Waals surface area contributed by atoms with Gasteiger partial charge in [0.15, 0.2) is 0 Å². The molecule has 0 atom stereocenters. The van der Waals surface area contributed by atoms with Crippen LogP contribution in [0, 0.1) is 0 Å². The molecule has 1 aromatic carbocycles. The third-order valence-electron chi connectivity index (χ3n) is 2.71. The summed E-state index contributed by atoms with van der Waals surface area (Å²) in [6, 6.07) is 7.96. The molecule has 0 aromatic heterocycles. The van der Waals surface area contributed by atoms with Crippen LogP contribution in [0.3, 0.4) is 0 Å². The monoisotopic (exact) mass is 244 g/mol. The normalized spacial score (nSPS) is 9.33. The van der Waals surface area contributed by atoms with Crippen molar-refractivity contribution in [3.05, 3.63) is 35.4 Å². The van der Waals surface area contributed by atoms with Gasteiger partial charge < -0.3 is 0 Å². The zero-order valence-corrected chi connectivity index (χ0v) is 10.3. The third-order valence-corrected chi connectivity index (χ3v) is 2.71. The molecule has 0 spiro atoms. The first-order valence-corrected chi connectivity index (χ1v) is 6.02. The average Bonchev–Trinajstić information content (AvgIpc) is 2.41. The summed E-state index contributed by atoms with van der Waals surface area (Å²) in [4.78, 5) is 27.1. The summed E-state index contributed by atoms with van der Waals surface area (Å²) in [5, 5.41) is 0. The van der Waals surface area contributed by atoms with E-state index in [0.29, 0.717) is 13.1 Å². The number of rotatable bonds is 8. The summed E-state index contributed by atoms with van der Waals surface area (Å²) in [5.41, 5.74) is 2.29. The van der Waals surface area contributed by atoms with Crippen LogP contribution in [0.1, 0.15) is 30.4 Å². The van der Waals surface area contributed by atoms with Crippen LogP contribution in [0.15, 0.2) is 34.3 Å². The Hall–Kier alpha value is -2.02. The Balaban J connectivity index is 2.41. The van der Waals surface area contributed by atoms with Crippen LogP contribution >= 0.6 is 0 Å². The van der Waals surface area contributed by atoms with E-state index in [9.17, 15) is 9.59 Å². The predicted octanol–water partition coefficient (Wildman–Crippen LogP) is 2.57. The Kier molecular flexibility index (Phi) is 7.07. The van der Waals surface area contributed by atoms with E-state index >= 15 is 0 Å². The fraction of sp³-hybridized carbons (Fsp3) is 0.429. The predicted molar refractivity (Wildman–Crippen MR) is 68.8 cm³/mol. The van der Waals surface area contributed by atoms with E-state index in [4.69, 9.17) is 0 Å². The summed E-state index contributed by atoms with van der Waals surface area (Å²) in [5.74, 6) is 0. The van der Waals surface area contributed by atoms with Crippen molar-refractivity contribution in [1.82, 2.24) is 0 Å². The van der Waals surface area contributed by atoms with E-state index in [1.54, 1.807) is 6.08 Å². The zero-order chi connectivity index (χ0) is 13.1. The lowest BCUT2D eigenvalue weighted by molar-refractivity contribution is 0.561. The number of unbranched alkanes of at least 4 members (excludes halogenated alkanes) is 2. The Morgan fingerprint density at radius 3 is 2.33 bits per heavy atom. The highest BCUT2D eigenvalue weighted by Gasteiger charge is 2.00. The second-order valence-corrected chi connectivity index (χ2v) is 3.96. The van der Waals surface area contributed by atoms with Gasteiger partial charge in [0.2, 0.25) is 12.2 Å². The quantitative estimate of drug-likeness (QED) is 0.401. The highest BCUT2D eigenvalue weighted by atomic mass is 16.1. The maximum absolute atomic E-state index is 10.1. The van der Waals surface area contributed by atoms with E-state index in [1.807, 2.05) is 18.2 Å². The van der Waals surface area contributed by atoms with Gasteiger partial charge in [0.05, 0.1) is 13.1 Å². The summed E-state index contributed by atoms with van der Waals surface area (Å²) in [6.45, 7) is 0.954. The number of aliphatic imine (C=N–C) groups is 2. The van der Waals surface area contributed by atoms with Crippen molar-refractivity contribution < 1.29 is 9.59 Å². The summed E-state index contributed by atoms with van der Waals surface area (Å²) in [7, 11) is 0. The molecule has 4 nitrogen and oxygen atoms in total. The van der Waals surface area contributed by atoms with Gasteiger partial charge in [-0.3, -0.25) is 0 Å². The average molecular weight is 244 g/mol. The lowest BCUT2D eigenvalue weighted by atomic mass is 10.0. The summed E-state index contributed by atoms with van der Waals surface area (Å²) in [6.07, 6.45) is 7.02. The maximum atomic E-state index is 10.1. The van der Waals surface area contributed by atoms with Crippen LogP contribution < -0.4 is 0 Å². The van der Waals surface area contributed by atoms with E-state index in [1.165, 1.54) is 11.6 Å². The van der Waals surface area contributed by atoms with Crippen molar-refractivity contribution in [2.45, 2.75) is 32.2 Å². The van der Waals surface area contributed by atoms with Crippen LogP contribution in [-0.2, 0) is 22.6 Å². The smallest absolute Gasteiger partial charge is 0.211 e. The topological polar surface area (TPSA) is 58.9 Å². The number of aryl methyl sites for hydroxylation is 1. The molecule has 0 fully saturated rings. The first-order chi connectivity index (χ1) is 8.88. The first-order valence-electron chi connectivity index (χ1n) is 6.02. The van der Waals surface area contributed by atoms with Crippen LogP contribution in [0.25, 0.3) is 0 Å². The molecule has 94 valence electrons. The fourth-order valence-electron chi connectivity index (χ4n) is 1.80. The molecule has 0 heterocycles. The SMILES string of the molecule is O=C=NCCCCCc1ccccc1CN=C=O. The molecule has 0 amide bonds. The Morgan fingerprint density at radius 1 is 0.889 bits per heavy atom. The Bertz CT molecular complexity index is 459. The number of hydrogen-bond donors (Lipinski definition) is 0.